The van der Waals surface area contributed by atoms with Crippen LogP contribution in [0.25, 0.3) is 10.8 Å². The highest BCUT2D eigenvalue weighted by Gasteiger charge is 2.21. The quantitative estimate of drug-likeness (QED) is 0.905. The molecular formula is C17H22N2. The van der Waals surface area contributed by atoms with E-state index >= 15 is 0 Å². The third-order valence-electron chi connectivity index (χ3n) is 4.16. The Kier molecular flexibility index (Phi) is 3.81. The van der Waals surface area contributed by atoms with E-state index in [-0.39, 0.29) is 0 Å². The fourth-order valence-corrected chi connectivity index (χ4v) is 3.21. The summed E-state index contributed by atoms with van der Waals surface area (Å²) in [4.78, 5) is 2.62. The molecule has 0 saturated carbocycles. The minimum atomic E-state index is 0.549. The van der Waals surface area contributed by atoms with E-state index in [1.54, 1.807) is 0 Å². The lowest BCUT2D eigenvalue weighted by molar-refractivity contribution is 0.170. The molecule has 0 spiro atoms. The standard InChI is InChI=1S/C17H22N2/c1-2-17(19-12-10-18-11-13-19)16-9-5-7-14-6-3-4-8-15(14)16/h3-9,17-18H,2,10-13H2,1H3/t17-/m0/s1. The second-order valence-electron chi connectivity index (χ2n) is 5.28. The monoisotopic (exact) mass is 254 g/mol. The van der Waals surface area contributed by atoms with Gasteiger partial charge in [0, 0.05) is 32.2 Å². The summed E-state index contributed by atoms with van der Waals surface area (Å²) in [6.45, 7) is 6.83. The predicted octanol–water partition coefficient (Wildman–Crippen LogP) is 3.20. The highest BCUT2D eigenvalue weighted by molar-refractivity contribution is 5.86. The lowest BCUT2D eigenvalue weighted by Crippen LogP contribution is -2.45. The lowest BCUT2D eigenvalue weighted by Gasteiger charge is -2.35. The maximum absolute atomic E-state index is 3.44. The van der Waals surface area contributed by atoms with Crippen LogP contribution in [0.2, 0.25) is 0 Å². The zero-order valence-corrected chi connectivity index (χ0v) is 11.6. The fraction of sp³-hybridized carbons (Fsp3) is 0.412. The highest BCUT2D eigenvalue weighted by atomic mass is 15.2. The molecule has 2 nitrogen and oxygen atoms in total. The van der Waals surface area contributed by atoms with Crippen LogP contribution < -0.4 is 5.32 Å². The zero-order valence-electron chi connectivity index (χ0n) is 11.6. The van der Waals surface area contributed by atoms with Gasteiger partial charge in [0.15, 0.2) is 0 Å². The van der Waals surface area contributed by atoms with Gasteiger partial charge in [-0.3, -0.25) is 4.90 Å². The molecule has 0 unspecified atom stereocenters. The normalized spacial score (nSPS) is 18.6. The van der Waals surface area contributed by atoms with E-state index in [0.717, 1.165) is 26.2 Å². The topological polar surface area (TPSA) is 15.3 Å². The smallest absolute Gasteiger partial charge is 0.0352 e. The number of nitrogens with one attached hydrogen (secondary N) is 1. The van der Waals surface area contributed by atoms with Crippen LogP contribution in [0.5, 0.6) is 0 Å². The van der Waals surface area contributed by atoms with Crippen molar-refractivity contribution in [1.82, 2.24) is 10.2 Å². The molecule has 1 aliphatic heterocycles. The second kappa shape index (κ2) is 5.72. The zero-order chi connectivity index (χ0) is 13.1. The summed E-state index contributed by atoms with van der Waals surface area (Å²) in [7, 11) is 0. The Balaban J connectivity index is 2.00. The van der Waals surface area contributed by atoms with Crippen molar-refractivity contribution < 1.29 is 0 Å². The van der Waals surface area contributed by atoms with Gasteiger partial charge in [0.25, 0.3) is 0 Å². The van der Waals surface area contributed by atoms with Gasteiger partial charge in [-0.25, -0.2) is 0 Å². The molecule has 2 heteroatoms. The van der Waals surface area contributed by atoms with Gasteiger partial charge in [-0.05, 0) is 22.8 Å². The number of fused-ring (bicyclic) bond motifs is 1. The van der Waals surface area contributed by atoms with Gasteiger partial charge in [-0.1, -0.05) is 49.4 Å². The molecule has 0 amide bonds. The Bertz CT molecular complexity index is 538. The number of rotatable bonds is 3. The molecule has 0 aliphatic carbocycles. The molecule has 2 aromatic rings. The molecule has 1 atom stereocenters. The lowest BCUT2D eigenvalue weighted by atomic mass is 9.95. The third-order valence-corrected chi connectivity index (χ3v) is 4.16. The molecule has 19 heavy (non-hydrogen) atoms. The van der Waals surface area contributed by atoms with Crippen molar-refractivity contribution >= 4 is 10.8 Å². The first-order valence-corrected chi connectivity index (χ1v) is 7.32. The predicted molar refractivity (Wildman–Crippen MR) is 81.4 cm³/mol. The van der Waals surface area contributed by atoms with Crippen LogP contribution in [0.1, 0.15) is 24.9 Å². The van der Waals surface area contributed by atoms with Crippen molar-refractivity contribution in [3.05, 3.63) is 48.0 Å². The average Bonchev–Trinajstić information content (AvgIpc) is 2.49. The molecule has 0 radical (unpaired) electrons. The average molecular weight is 254 g/mol. The van der Waals surface area contributed by atoms with Crippen molar-refractivity contribution in [3.8, 4) is 0 Å². The summed E-state index contributed by atoms with van der Waals surface area (Å²) < 4.78 is 0. The Labute approximate surface area is 115 Å². The Morgan fingerprint density at radius 1 is 1.05 bits per heavy atom. The molecule has 2 aromatic carbocycles. The minimum Gasteiger partial charge on any atom is -0.314 e. The molecule has 3 rings (SSSR count). The SMILES string of the molecule is CC[C@@H](c1cccc2ccccc12)N1CCNCC1. The van der Waals surface area contributed by atoms with Gasteiger partial charge in [0.2, 0.25) is 0 Å². The van der Waals surface area contributed by atoms with Crippen molar-refractivity contribution in [2.24, 2.45) is 0 Å². The first-order chi connectivity index (χ1) is 9.40. The molecule has 1 saturated heterocycles. The first kappa shape index (κ1) is 12.6. The van der Waals surface area contributed by atoms with Crippen LogP contribution in [0.15, 0.2) is 42.5 Å². The number of piperazine rings is 1. The molecule has 1 heterocycles. The molecule has 0 bridgehead atoms. The van der Waals surface area contributed by atoms with Crippen molar-refractivity contribution in [3.63, 3.8) is 0 Å². The summed E-state index contributed by atoms with van der Waals surface area (Å²) in [6, 6.07) is 16.0. The van der Waals surface area contributed by atoms with Crippen LogP contribution in [0.4, 0.5) is 0 Å². The van der Waals surface area contributed by atoms with Crippen LogP contribution in [-0.4, -0.2) is 31.1 Å². The number of hydrogen-bond acceptors (Lipinski definition) is 2. The molecular weight excluding hydrogens is 232 g/mol. The Morgan fingerprint density at radius 2 is 1.79 bits per heavy atom. The molecule has 1 aliphatic rings. The van der Waals surface area contributed by atoms with E-state index in [1.807, 2.05) is 0 Å². The number of hydrogen-bond donors (Lipinski definition) is 1. The summed E-state index contributed by atoms with van der Waals surface area (Å²) in [5.74, 6) is 0. The van der Waals surface area contributed by atoms with E-state index < -0.39 is 0 Å². The Hall–Kier alpha value is -1.38. The van der Waals surface area contributed by atoms with Gasteiger partial charge in [0.05, 0.1) is 0 Å². The Morgan fingerprint density at radius 3 is 2.58 bits per heavy atom. The number of nitrogens with zero attached hydrogens (tertiary/aromatic N) is 1. The molecule has 1 fully saturated rings. The minimum absolute atomic E-state index is 0.549. The largest absolute Gasteiger partial charge is 0.314 e. The van der Waals surface area contributed by atoms with Gasteiger partial charge in [0.1, 0.15) is 0 Å². The summed E-state index contributed by atoms with van der Waals surface area (Å²) in [6.07, 6.45) is 1.17. The van der Waals surface area contributed by atoms with E-state index in [1.165, 1.54) is 22.8 Å². The summed E-state index contributed by atoms with van der Waals surface area (Å²) in [5.41, 5.74) is 1.49. The van der Waals surface area contributed by atoms with Gasteiger partial charge in [-0.15, -0.1) is 0 Å². The second-order valence-corrected chi connectivity index (χ2v) is 5.28. The van der Waals surface area contributed by atoms with Crippen molar-refractivity contribution in [2.75, 3.05) is 26.2 Å². The van der Waals surface area contributed by atoms with E-state index in [9.17, 15) is 0 Å². The van der Waals surface area contributed by atoms with Crippen LogP contribution in [-0.2, 0) is 0 Å². The fourth-order valence-electron chi connectivity index (χ4n) is 3.21. The van der Waals surface area contributed by atoms with Gasteiger partial charge >= 0.3 is 0 Å². The van der Waals surface area contributed by atoms with Crippen molar-refractivity contribution in [2.45, 2.75) is 19.4 Å². The maximum Gasteiger partial charge on any atom is 0.0352 e. The third kappa shape index (κ3) is 2.51. The molecule has 0 aromatic heterocycles. The van der Waals surface area contributed by atoms with E-state index in [0.29, 0.717) is 6.04 Å². The van der Waals surface area contributed by atoms with E-state index in [2.05, 4.69) is 59.6 Å². The number of benzene rings is 2. The van der Waals surface area contributed by atoms with Crippen LogP contribution >= 0.6 is 0 Å². The van der Waals surface area contributed by atoms with Gasteiger partial charge in [-0.2, -0.15) is 0 Å². The summed E-state index contributed by atoms with van der Waals surface area (Å²) in [5, 5.41) is 6.21. The summed E-state index contributed by atoms with van der Waals surface area (Å²) >= 11 is 0. The van der Waals surface area contributed by atoms with Gasteiger partial charge < -0.3 is 5.32 Å². The molecule has 100 valence electrons. The maximum atomic E-state index is 3.44. The first-order valence-electron chi connectivity index (χ1n) is 7.32. The van der Waals surface area contributed by atoms with Crippen LogP contribution in [0, 0.1) is 0 Å². The molecule has 1 N–H and O–H groups in total. The van der Waals surface area contributed by atoms with E-state index in [4.69, 9.17) is 0 Å². The van der Waals surface area contributed by atoms with Crippen LogP contribution in [0.3, 0.4) is 0 Å². The highest BCUT2D eigenvalue weighted by Crippen LogP contribution is 2.30. The van der Waals surface area contributed by atoms with Crippen molar-refractivity contribution in [1.29, 1.82) is 0 Å².